The molecular weight excluding hydrogens is 142 g/mol. The summed E-state index contributed by atoms with van der Waals surface area (Å²) in [5.41, 5.74) is -0.741. The molecule has 60 valence electrons. The van der Waals surface area contributed by atoms with Crippen LogP contribution < -0.4 is 5.32 Å². The van der Waals surface area contributed by atoms with E-state index in [0.717, 1.165) is 6.54 Å². The van der Waals surface area contributed by atoms with Gasteiger partial charge < -0.3 is 10.1 Å². The van der Waals surface area contributed by atoms with Gasteiger partial charge in [-0.3, -0.25) is 4.79 Å². The van der Waals surface area contributed by atoms with Crippen LogP contribution in [0.1, 0.15) is 6.42 Å². The van der Waals surface area contributed by atoms with Gasteiger partial charge in [-0.05, 0) is 18.9 Å². The Morgan fingerprint density at radius 2 is 2.55 bits per heavy atom. The van der Waals surface area contributed by atoms with Gasteiger partial charge in [-0.2, -0.15) is 0 Å². The van der Waals surface area contributed by atoms with E-state index >= 15 is 0 Å². The van der Waals surface area contributed by atoms with Gasteiger partial charge in [0.15, 0.2) is 5.60 Å². The van der Waals surface area contributed by atoms with E-state index in [1.807, 2.05) is 0 Å². The van der Waals surface area contributed by atoms with E-state index in [2.05, 4.69) is 11.2 Å². The molecule has 1 aliphatic heterocycles. The summed E-state index contributed by atoms with van der Waals surface area (Å²) in [7, 11) is 1.52. The van der Waals surface area contributed by atoms with Crippen molar-refractivity contribution in [1.82, 2.24) is 5.32 Å². The lowest BCUT2D eigenvalue weighted by Crippen LogP contribution is -2.41. The molecular formula is C8H11NO2. The van der Waals surface area contributed by atoms with E-state index in [4.69, 9.17) is 11.2 Å². The second-order valence-corrected chi connectivity index (χ2v) is 2.60. The number of carbonyl (C=O) groups is 1. The second-order valence-electron chi connectivity index (χ2n) is 2.60. The topological polar surface area (TPSA) is 38.3 Å². The Hall–Kier alpha value is -0.850. The quantitative estimate of drug-likeness (QED) is 0.432. The maximum Gasteiger partial charge on any atom is 0.238 e. The number of hydrogen-bond acceptors (Lipinski definition) is 3. The Morgan fingerprint density at radius 1 is 1.82 bits per heavy atom. The van der Waals surface area contributed by atoms with Crippen LogP contribution in [0.4, 0.5) is 0 Å². The van der Waals surface area contributed by atoms with Gasteiger partial charge in [-0.1, -0.05) is 0 Å². The molecule has 0 bridgehead atoms. The lowest BCUT2D eigenvalue weighted by atomic mass is 9.98. The number of ether oxygens (including phenoxy) is 1. The molecule has 0 saturated carbocycles. The van der Waals surface area contributed by atoms with Crippen LogP contribution in [0, 0.1) is 12.3 Å². The summed E-state index contributed by atoms with van der Waals surface area (Å²) >= 11 is 0. The zero-order valence-corrected chi connectivity index (χ0v) is 6.52. The summed E-state index contributed by atoms with van der Waals surface area (Å²) in [4.78, 5) is 11.2. The first-order valence-electron chi connectivity index (χ1n) is 3.52. The Labute approximate surface area is 66.1 Å². The lowest BCUT2D eigenvalue weighted by Gasteiger charge is -2.21. The number of methoxy groups -OCH3 is 1. The van der Waals surface area contributed by atoms with E-state index in [0.29, 0.717) is 13.0 Å². The third-order valence-corrected chi connectivity index (χ3v) is 2.05. The van der Waals surface area contributed by atoms with E-state index < -0.39 is 5.60 Å². The largest absolute Gasteiger partial charge is 0.368 e. The van der Waals surface area contributed by atoms with Crippen molar-refractivity contribution in [2.45, 2.75) is 12.0 Å². The predicted octanol–water partition coefficient (Wildman–Crippen LogP) is -0.433. The van der Waals surface area contributed by atoms with Gasteiger partial charge in [-0.15, -0.1) is 6.42 Å². The summed E-state index contributed by atoms with van der Waals surface area (Å²) in [5, 5.41) is 3.04. The van der Waals surface area contributed by atoms with Crippen LogP contribution in [0.5, 0.6) is 0 Å². The minimum absolute atomic E-state index is 0.259. The maximum absolute atomic E-state index is 11.2. The predicted molar refractivity (Wildman–Crippen MR) is 41.1 cm³/mol. The molecule has 3 heteroatoms. The van der Waals surface area contributed by atoms with Gasteiger partial charge in [0.05, 0.1) is 0 Å². The van der Waals surface area contributed by atoms with Crippen molar-refractivity contribution in [3.05, 3.63) is 0 Å². The number of carbonyl (C=O) groups excluding carboxylic acids is 1. The number of hydrogen-bond donors (Lipinski definition) is 1. The van der Waals surface area contributed by atoms with Crippen LogP contribution in [0.2, 0.25) is 0 Å². The highest BCUT2D eigenvalue weighted by Crippen LogP contribution is 2.19. The fraction of sp³-hybridized carbons (Fsp3) is 0.625. The molecule has 1 atom stereocenters. The molecule has 0 radical (unpaired) electrons. The number of Topliss-reactive ketones (excluding diaryl/α,β-unsaturated/α-hetero) is 1. The third-order valence-electron chi connectivity index (χ3n) is 2.05. The van der Waals surface area contributed by atoms with Crippen molar-refractivity contribution in [1.29, 1.82) is 0 Å². The average molecular weight is 153 g/mol. The Kier molecular flexibility index (Phi) is 2.28. The molecule has 1 unspecified atom stereocenters. The molecule has 0 aliphatic carbocycles. The Balaban J connectivity index is 2.76. The van der Waals surface area contributed by atoms with Gasteiger partial charge in [0.2, 0.25) is 5.78 Å². The van der Waals surface area contributed by atoms with E-state index in [1.54, 1.807) is 0 Å². The van der Waals surface area contributed by atoms with Gasteiger partial charge in [0.1, 0.15) is 0 Å². The highest BCUT2D eigenvalue weighted by atomic mass is 16.5. The fourth-order valence-corrected chi connectivity index (χ4v) is 1.26. The molecule has 1 rings (SSSR count). The molecule has 1 fully saturated rings. The minimum Gasteiger partial charge on any atom is -0.368 e. The smallest absolute Gasteiger partial charge is 0.238 e. The van der Waals surface area contributed by atoms with E-state index in [1.165, 1.54) is 7.11 Å². The summed E-state index contributed by atoms with van der Waals surface area (Å²) in [6, 6.07) is 0. The summed E-state index contributed by atoms with van der Waals surface area (Å²) in [5.74, 6) is 1.84. The summed E-state index contributed by atoms with van der Waals surface area (Å²) in [6.07, 6.45) is 5.68. The summed E-state index contributed by atoms with van der Waals surface area (Å²) < 4.78 is 5.10. The second kappa shape index (κ2) is 3.04. The molecule has 1 aliphatic rings. The minimum atomic E-state index is -0.741. The van der Waals surface area contributed by atoms with Gasteiger partial charge in [0.25, 0.3) is 0 Å². The van der Waals surface area contributed by atoms with Gasteiger partial charge in [0, 0.05) is 13.7 Å². The number of nitrogens with one attached hydrogen (secondary N) is 1. The number of ketones is 1. The molecule has 0 aromatic heterocycles. The zero-order chi connectivity index (χ0) is 8.32. The molecule has 1 saturated heterocycles. The van der Waals surface area contributed by atoms with Gasteiger partial charge in [-0.25, -0.2) is 0 Å². The van der Waals surface area contributed by atoms with Crippen LogP contribution >= 0.6 is 0 Å². The summed E-state index contributed by atoms with van der Waals surface area (Å²) in [6.45, 7) is 1.33. The van der Waals surface area contributed by atoms with Crippen molar-refractivity contribution in [3.8, 4) is 12.3 Å². The third kappa shape index (κ3) is 1.28. The highest BCUT2D eigenvalue weighted by molar-refractivity contribution is 6.02. The van der Waals surface area contributed by atoms with Crippen LogP contribution in [-0.4, -0.2) is 31.6 Å². The standard InChI is InChI=1S/C8H11NO2/c1-3-7(10)8(11-2)4-5-9-6-8/h1,9H,4-6H2,2H3. The average Bonchev–Trinajstić information content (AvgIpc) is 2.52. The van der Waals surface area contributed by atoms with Crippen molar-refractivity contribution < 1.29 is 9.53 Å². The monoisotopic (exact) mass is 153 g/mol. The Bertz CT molecular complexity index is 199. The first-order chi connectivity index (χ1) is 5.25. The van der Waals surface area contributed by atoms with Crippen molar-refractivity contribution in [2.24, 2.45) is 0 Å². The molecule has 11 heavy (non-hydrogen) atoms. The van der Waals surface area contributed by atoms with E-state index in [9.17, 15) is 4.79 Å². The molecule has 0 amide bonds. The fourth-order valence-electron chi connectivity index (χ4n) is 1.26. The first-order valence-corrected chi connectivity index (χ1v) is 3.52. The first kappa shape index (κ1) is 8.25. The van der Waals surface area contributed by atoms with E-state index in [-0.39, 0.29) is 5.78 Å². The molecule has 0 spiro atoms. The molecule has 3 nitrogen and oxygen atoms in total. The van der Waals surface area contributed by atoms with Crippen LogP contribution in [0.3, 0.4) is 0 Å². The molecule has 0 aromatic rings. The van der Waals surface area contributed by atoms with Crippen LogP contribution in [0.25, 0.3) is 0 Å². The molecule has 1 N–H and O–H groups in total. The normalized spacial score (nSPS) is 29.8. The molecule has 1 heterocycles. The SMILES string of the molecule is C#CC(=O)C1(OC)CCNC1. The zero-order valence-electron chi connectivity index (χ0n) is 6.52. The highest BCUT2D eigenvalue weighted by Gasteiger charge is 2.40. The Morgan fingerprint density at radius 3 is 2.91 bits per heavy atom. The van der Waals surface area contributed by atoms with Crippen molar-refractivity contribution in [2.75, 3.05) is 20.2 Å². The van der Waals surface area contributed by atoms with Crippen LogP contribution in [0.15, 0.2) is 0 Å². The van der Waals surface area contributed by atoms with Crippen molar-refractivity contribution in [3.63, 3.8) is 0 Å². The maximum atomic E-state index is 11.2. The van der Waals surface area contributed by atoms with Crippen LogP contribution in [-0.2, 0) is 9.53 Å². The van der Waals surface area contributed by atoms with Crippen molar-refractivity contribution >= 4 is 5.78 Å². The number of rotatable bonds is 2. The lowest BCUT2D eigenvalue weighted by molar-refractivity contribution is -0.132. The van der Waals surface area contributed by atoms with Gasteiger partial charge >= 0.3 is 0 Å². The molecule has 0 aromatic carbocycles. The number of terminal acetylenes is 1.